The van der Waals surface area contributed by atoms with Gasteiger partial charge in [0.2, 0.25) is 0 Å². The molecular formula is C17H29N3O. The highest BCUT2D eigenvalue weighted by Gasteiger charge is 2.32. The Bertz CT molecular complexity index is 473. The first-order chi connectivity index (χ1) is 9.93. The highest BCUT2D eigenvalue weighted by Crippen LogP contribution is 2.22. The van der Waals surface area contributed by atoms with Crippen LogP contribution in [0.5, 0.6) is 5.75 Å². The Morgan fingerprint density at radius 1 is 1.43 bits per heavy atom. The largest absolute Gasteiger partial charge is 0.497 e. The van der Waals surface area contributed by atoms with Crippen LogP contribution in [-0.2, 0) is 6.54 Å². The molecule has 0 aliphatic carbocycles. The van der Waals surface area contributed by atoms with Crippen molar-refractivity contribution in [1.82, 2.24) is 15.2 Å². The lowest BCUT2D eigenvalue weighted by molar-refractivity contribution is 0.0814. The Balaban J connectivity index is 2.15. The predicted molar refractivity (Wildman–Crippen MR) is 86.7 cm³/mol. The van der Waals surface area contributed by atoms with Gasteiger partial charge in [0.1, 0.15) is 5.75 Å². The lowest BCUT2D eigenvalue weighted by Gasteiger charge is -2.44. The summed E-state index contributed by atoms with van der Waals surface area (Å²) in [6.45, 7) is 11.8. The Hall–Kier alpha value is -1.13. The molecule has 2 heterocycles. The maximum absolute atomic E-state index is 5.37. The molecule has 0 aromatic carbocycles. The molecule has 1 aliphatic rings. The first-order valence-corrected chi connectivity index (χ1v) is 7.94. The van der Waals surface area contributed by atoms with Crippen LogP contribution in [0.15, 0.2) is 12.1 Å². The second-order valence-electron chi connectivity index (χ2n) is 6.75. The molecule has 0 spiro atoms. The van der Waals surface area contributed by atoms with Gasteiger partial charge >= 0.3 is 0 Å². The van der Waals surface area contributed by atoms with E-state index in [1.807, 2.05) is 13.0 Å². The van der Waals surface area contributed by atoms with E-state index in [0.29, 0.717) is 6.04 Å². The molecule has 21 heavy (non-hydrogen) atoms. The number of piperazine rings is 1. The third kappa shape index (κ3) is 4.42. The number of methoxy groups -OCH3 is 1. The number of hydrogen-bond acceptors (Lipinski definition) is 4. The van der Waals surface area contributed by atoms with Crippen LogP contribution >= 0.6 is 0 Å². The van der Waals surface area contributed by atoms with Crippen molar-refractivity contribution in [3.05, 3.63) is 23.5 Å². The van der Waals surface area contributed by atoms with Crippen LogP contribution < -0.4 is 10.1 Å². The highest BCUT2D eigenvalue weighted by molar-refractivity contribution is 5.26. The third-order valence-electron chi connectivity index (χ3n) is 4.13. The number of pyridine rings is 1. The van der Waals surface area contributed by atoms with Gasteiger partial charge in [0.05, 0.1) is 12.8 Å². The Morgan fingerprint density at radius 2 is 2.19 bits per heavy atom. The average molecular weight is 291 g/mol. The maximum atomic E-state index is 5.37. The van der Waals surface area contributed by atoms with Crippen molar-refractivity contribution in [1.29, 1.82) is 0 Å². The Labute approximate surface area is 128 Å². The first kappa shape index (κ1) is 16.2. The van der Waals surface area contributed by atoms with E-state index in [1.54, 1.807) is 7.11 Å². The number of aryl methyl sites for hydroxylation is 1. The van der Waals surface area contributed by atoms with E-state index in [1.165, 1.54) is 12.8 Å². The molecule has 0 bridgehead atoms. The molecule has 1 aromatic rings. The minimum atomic E-state index is 0.165. The molecule has 4 heteroatoms. The summed E-state index contributed by atoms with van der Waals surface area (Å²) in [5.74, 6) is 0.902. The average Bonchev–Trinajstić information content (AvgIpc) is 2.41. The predicted octanol–water partition coefficient (Wildman–Crippen LogP) is 2.75. The summed E-state index contributed by atoms with van der Waals surface area (Å²) in [6, 6.07) is 4.64. The normalized spacial score (nSPS) is 22.2. The molecular weight excluding hydrogens is 262 g/mol. The second-order valence-corrected chi connectivity index (χ2v) is 6.75. The van der Waals surface area contributed by atoms with Gasteiger partial charge in [-0.1, -0.05) is 13.3 Å². The quantitative estimate of drug-likeness (QED) is 0.905. The van der Waals surface area contributed by atoms with Crippen molar-refractivity contribution in [3.63, 3.8) is 0 Å². The van der Waals surface area contributed by atoms with Crippen molar-refractivity contribution < 1.29 is 4.74 Å². The molecule has 0 amide bonds. The van der Waals surface area contributed by atoms with E-state index >= 15 is 0 Å². The van der Waals surface area contributed by atoms with E-state index < -0.39 is 0 Å². The van der Waals surface area contributed by atoms with E-state index in [4.69, 9.17) is 4.74 Å². The van der Waals surface area contributed by atoms with E-state index in [-0.39, 0.29) is 5.54 Å². The van der Waals surface area contributed by atoms with Gasteiger partial charge in [-0.05, 0) is 27.2 Å². The highest BCUT2D eigenvalue weighted by atomic mass is 16.5. The molecule has 1 fully saturated rings. The maximum Gasteiger partial charge on any atom is 0.122 e. The van der Waals surface area contributed by atoms with Gasteiger partial charge in [0.15, 0.2) is 0 Å². The van der Waals surface area contributed by atoms with Crippen LogP contribution in [0.2, 0.25) is 0 Å². The standard InChI is InChI=1S/C17H29N3O/c1-6-7-15-10-18-17(3,4)12-20(15)11-14-9-16(21-5)8-13(2)19-14/h8-9,15,18H,6-7,10-12H2,1-5H3. The number of nitrogens with one attached hydrogen (secondary N) is 1. The number of rotatable bonds is 5. The number of nitrogens with zero attached hydrogens (tertiary/aromatic N) is 2. The van der Waals surface area contributed by atoms with Gasteiger partial charge in [-0.25, -0.2) is 0 Å². The number of ether oxygens (including phenoxy) is 1. The molecule has 0 saturated carbocycles. The van der Waals surface area contributed by atoms with Crippen molar-refractivity contribution in [2.24, 2.45) is 0 Å². The van der Waals surface area contributed by atoms with Gasteiger partial charge in [-0.2, -0.15) is 0 Å². The summed E-state index contributed by atoms with van der Waals surface area (Å²) in [4.78, 5) is 7.25. The summed E-state index contributed by atoms with van der Waals surface area (Å²) >= 11 is 0. The van der Waals surface area contributed by atoms with Crippen molar-refractivity contribution in [2.75, 3.05) is 20.2 Å². The summed E-state index contributed by atoms with van der Waals surface area (Å²) in [7, 11) is 1.71. The molecule has 1 aliphatic heterocycles. The number of aromatic nitrogens is 1. The molecule has 1 unspecified atom stereocenters. The van der Waals surface area contributed by atoms with Crippen LogP contribution in [0.1, 0.15) is 45.0 Å². The fourth-order valence-electron chi connectivity index (χ4n) is 3.13. The fourth-order valence-corrected chi connectivity index (χ4v) is 3.13. The zero-order chi connectivity index (χ0) is 15.5. The van der Waals surface area contributed by atoms with Gasteiger partial charge < -0.3 is 10.1 Å². The van der Waals surface area contributed by atoms with Gasteiger partial charge in [-0.15, -0.1) is 0 Å². The smallest absolute Gasteiger partial charge is 0.122 e. The van der Waals surface area contributed by atoms with Gasteiger partial charge in [0, 0.05) is 49.0 Å². The SMILES string of the molecule is CCCC1CNC(C)(C)CN1Cc1cc(OC)cc(C)n1. The Kier molecular flexibility index (Phi) is 5.22. The number of hydrogen-bond donors (Lipinski definition) is 1. The molecule has 4 nitrogen and oxygen atoms in total. The van der Waals surface area contributed by atoms with Crippen LogP contribution in [-0.4, -0.2) is 41.7 Å². The molecule has 1 saturated heterocycles. The van der Waals surface area contributed by atoms with Crippen LogP contribution in [0.3, 0.4) is 0 Å². The molecule has 2 rings (SSSR count). The molecule has 1 N–H and O–H groups in total. The Morgan fingerprint density at radius 3 is 2.86 bits per heavy atom. The lowest BCUT2D eigenvalue weighted by atomic mass is 9.96. The zero-order valence-electron chi connectivity index (χ0n) is 14.1. The van der Waals surface area contributed by atoms with Crippen LogP contribution in [0.25, 0.3) is 0 Å². The molecule has 1 atom stereocenters. The van der Waals surface area contributed by atoms with Gasteiger partial charge in [-0.3, -0.25) is 9.88 Å². The molecule has 118 valence electrons. The zero-order valence-corrected chi connectivity index (χ0v) is 14.1. The summed E-state index contributed by atoms with van der Waals surface area (Å²) < 4.78 is 5.37. The van der Waals surface area contributed by atoms with Gasteiger partial charge in [0.25, 0.3) is 0 Å². The second kappa shape index (κ2) is 6.75. The van der Waals surface area contributed by atoms with E-state index in [9.17, 15) is 0 Å². The van der Waals surface area contributed by atoms with Crippen molar-refractivity contribution in [2.45, 2.75) is 58.7 Å². The van der Waals surface area contributed by atoms with Crippen LogP contribution in [0.4, 0.5) is 0 Å². The minimum absolute atomic E-state index is 0.165. The van der Waals surface area contributed by atoms with E-state index in [0.717, 1.165) is 36.8 Å². The third-order valence-corrected chi connectivity index (χ3v) is 4.13. The summed E-state index contributed by atoms with van der Waals surface area (Å²) in [5.41, 5.74) is 2.29. The van der Waals surface area contributed by atoms with Crippen LogP contribution in [0, 0.1) is 6.92 Å². The monoisotopic (exact) mass is 291 g/mol. The van der Waals surface area contributed by atoms with E-state index in [2.05, 4.69) is 42.0 Å². The fraction of sp³-hybridized carbons (Fsp3) is 0.706. The lowest BCUT2D eigenvalue weighted by Crippen LogP contribution is -2.61. The van der Waals surface area contributed by atoms with Crippen molar-refractivity contribution >= 4 is 0 Å². The molecule has 0 radical (unpaired) electrons. The topological polar surface area (TPSA) is 37.4 Å². The summed E-state index contributed by atoms with van der Waals surface area (Å²) in [6.07, 6.45) is 2.44. The summed E-state index contributed by atoms with van der Waals surface area (Å²) in [5, 5.41) is 3.66. The minimum Gasteiger partial charge on any atom is -0.497 e. The first-order valence-electron chi connectivity index (χ1n) is 7.94. The molecule has 1 aromatic heterocycles. The van der Waals surface area contributed by atoms with Crippen molar-refractivity contribution in [3.8, 4) is 5.75 Å².